The summed E-state index contributed by atoms with van der Waals surface area (Å²) in [5.74, 6) is -2.83. The van der Waals surface area contributed by atoms with Crippen LogP contribution in [0.3, 0.4) is 0 Å². The highest BCUT2D eigenvalue weighted by Gasteiger charge is 2.24. The molecule has 1 unspecified atom stereocenters. The predicted molar refractivity (Wildman–Crippen MR) is 116 cm³/mol. The van der Waals surface area contributed by atoms with Gasteiger partial charge in [-0.1, -0.05) is 0 Å². The zero-order chi connectivity index (χ0) is 24.1. The number of hydrogen-bond donors (Lipinski definition) is 3. The van der Waals surface area contributed by atoms with E-state index >= 15 is 0 Å². The van der Waals surface area contributed by atoms with E-state index in [0.29, 0.717) is 16.7 Å². The molecule has 170 valence electrons. The third-order valence-corrected chi connectivity index (χ3v) is 4.52. The van der Waals surface area contributed by atoms with Crippen molar-refractivity contribution >= 4 is 46.0 Å². The maximum atomic E-state index is 12.7. The molecule has 3 N–H and O–H groups in total. The summed E-state index contributed by atoms with van der Waals surface area (Å²) in [6, 6.07) is 6.94. The van der Waals surface area contributed by atoms with Crippen LogP contribution < -0.4 is 11.0 Å². The zero-order valence-corrected chi connectivity index (χ0v) is 17.8. The lowest BCUT2D eigenvalue weighted by molar-refractivity contribution is -0.126. The van der Waals surface area contributed by atoms with E-state index < -0.39 is 35.4 Å². The number of H-pyrrole nitrogens is 2. The number of nitrogens with one attached hydrogen (secondary N) is 3. The Labute approximate surface area is 186 Å². The predicted octanol–water partition coefficient (Wildman–Crippen LogP) is 2.11. The minimum atomic E-state index is -1.54. The molecule has 1 amide bonds. The number of azo groups is 1. The van der Waals surface area contributed by atoms with Crippen LogP contribution in [0.25, 0.3) is 11.0 Å². The number of carbonyl (C=O) groups excluding carboxylic acids is 4. The number of ketones is 1. The third kappa shape index (κ3) is 5.18. The van der Waals surface area contributed by atoms with Gasteiger partial charge in [0.15, 0.2) is 5.78 Å². The van der Waals surface area contributed by atoms with Crippen molar-refractivity contribution in [2.45, 2.75) is 13.0 Å². The van der Waals surface area contributed by atoms with Crippen molar-refractivity contribution < 1.29 is 28.7 Å². The van der Waals surface area contributed by atoms with Gasteiger partial charge in [0, 0.05) is 5.69 Å². The number of Topliss-reactive ketones (excluding diaryl/α,β-unsaturated/α-hetero) is 1. The van der Waals surface area contributed by atoms with Crippen molar-refractivity contribution in [1.82, 2.24) is 9.97 Å². The Balaban J connectivity index is 1.90. The minimum Gasteiger partial charge on any atom is -0.465 e. The summed E-state index contributed by atoms with van der Waals surface area (Å²) in [7, 11) is 2.35. The highest BCUT2D eigenvalue weighted by molar-refractivity contribution is 6.10. The molecule has 0 bridgehead atoms. The molecule has 3 aromatic rings. The zero-order valence-electron chi connectivity index (χ0n) is 17.8. The minimum absolute atomic E-state index is 0.0292. The number of anilines is 1. The van der Waals surface area contributed by atoms with Crippen LogP contribution in [0.5, 0.6) is 0 Å². The van der Waals surface area contributed by atoms with Gasteiger partial charge in [0.1, 0.15) is 5.69 Å². The Kier molecular flexibility index (Phi) is 6.77. The number of imidazole rings is 1. The quantitative estimate of drug-likeness (QED) is 0.279. The average Bonchev–Trinajstić information content (AvgIpc) is 3.17. The molecule has 1 atom stereocenters. The lowest BCUT2D eigenvalue weighted by atomic mass is 10.1. The fourth-order valence-electron chi connectivity index (χ4n) is 2.90. The summed E-state index contributed by atoms with van der Waals surface area (Å²) in [5.41, 5.74) is 0.875. The third-order valence-electron chi connectivity index (χ3n) is 4.52. The molecule has 2 aromatic carbocycles. The number of nitrogens with zero attached hydrogens (tertiary/aromatic N) is 2. The van der Waals surface area contributed by atoms with Crippen molar-refractivity contribution in [1.29, 1.82) is 0 Å². The first-order valence-corrected chi connectivity index (χ1v) is 9.48. The highest BCUT2D eigenvalue weighted by Crippen LogP contribution is 2.24. The van der Waals surface area contributed by atoms with Gasteiger partial charge in [0.05, 0.1) is 36.4 Å². The van der Waals surface area contributed by atoms with Gasteiger partial charge in [0.2, 0.25) is 6.04 Å². The number of aromatic nitrogens is 2. The van der Waals surface area contributed by atoms with Crippen LogP contribution in [0.4, 0.5) is 11.4 Å². The van der Waals surface area contributed by atoms with Gasteiger partial charge in [0.25, 0.3) is 5.91 Å². The first-order chi connectivity index (χ1) is 15.7. The Morgan fingerprint density at radius 1 is 0.939 bits per heavy atom. The molecular formula is C21H19N5O7. The van der Waals surface area contributed by atoms with E-state index in [4.69, 9.17) is 4.74 Å². The standard InChI is InChI=1S/C21H19N5O7/c1-10(27)17(18(28)22-12-5-7-14-16(9-12)24-21(31)23-14)26-25-15-8-11(19(29)32-2)4-6-13(15)20(30)33-3/h4-9,17H,1-3H3,(H,22,28)(H2,23,24,31). The van der Waals surface area contributed by atoms with Crippen molar-refractivity contribution in [2.75, 3.05) is 19.5 Å². The summed E-state index contributed by atoms with van der Waals surface area (Å²) in [4.78, 5) is 65.1. The van der Waals surface area contributed by atoms with E-state index in [2.05, 4.69) is 30.3 Å². The van der Waals surface area contributed by atoms with E-state index in [1.165, 1.54) is 37.4 Å². The van der Waals surface area contributed by atoms with Gasteiger partial charge in [-0.3, -0.25) is 9.59 Å². The van der Waals surface area contributed by atoms with Crippen LogP contribution in [0, 0.1) is 0 Å². The maximum Gasteiger partial charge on any atom is 0.340 e. The van der Waals surface area contributed by atoms with E-state index in [1.807, 2.05) is 0 Å². The Bertz CT molecular complexity index is 1340. The number of amides is 1. The molecule has 0 fully saturated rings. The summed E-state index contributed by atoms with van der Waals surface area (Å²) < 4.78 is 9.34. The first kappa shape index (κ1) is 23.1. The van der Waals surface area contributed by atoms with E-state index in [0.717, 1.165) is 14.0 Å². The largest absolute Gasteiger partial charge is 0.465 e. The summed E-state index contributed by atoms with van der Waals surface area (Å²) in [6.45, 7) is 1.15. The number of carbonyl (C=O) groups is 4. The van der Waals surface area contributed by atoms with Crippen LogP contribution in [0.1, 0.15) is 27.6 Å². The molecule has 33 heavy (non-hydrogen) atoms. The van der Waals surface area contributed by atoms with E-state index in [-0.39, 0.29) is 16.8 Å². The summed E-state index contributed by atoms with van der Waals surface area (Å²) in [5, 5.41) is 10.2. The van der Waals surface area contributed by atoms with Crippen LogP contribution >= 0.6 is 0 Å². The molecule has 3 rings (SSSR count). The van der Waals surface area contributed by atoms with Crippen LogP contribution in [0.2, 0.25) is 0 Å². The van der Waals surface area contributed by atoms with Gasteiger partial charge >= 0.3 is 17.6 Å². The summed E-state index contributed by atoms with van der Waals surface area (Å²) in [6.07, 6.45) is 0. The Morgan fingerprint density at radius 2 is 1.64 bits per heavy atom. The summed E-state index contributed by atoms with van der Waals surface area (Å²) >= 11 is 0. The van der Waals surface area contributed by atoms with Crippen molar-refractivity contribution in [3.8, 4) is 0 Å². The van der Waals surface area contributed by atoms with E-state index in [1.54, 1.807) is 6.07 Å². The second-order valence-corrected chi connectivity index (χ2v) is 6.77. The number of methoxy groups -OCH3 is 2. The molecule has 0 aliphatic carbocycles. The molecule has 12 nitrogen and oxygen atoms in total. The number of benzene rings is 2. The second kappa shape index (κ2) is 9.68. The maximum absolute atomic E-state index is 12.7. The number of ether oxygens (including phenoxy) is 2. The SMILES string of the molecule is COC(=O)c1ccc(C(=O)OC)c(N=NC(C(C)=O)C(=O)Nc2ccc3[nH]c(=O)[nH]c3c2)c1. The first-order valence-electron chi connectivity index (χ1n) is 9.48. The topological polar surface area (TPSA) is 172 Å². The highest BCUT2D eigenvalue weighted by atomic mass is 16.5. The van der Waals surface area contributed by atoms with Gasteiger partial charge in [-0.25, -0.2) is 14.4 Å². The van der Waals surface area contributed by atoms with Crippen LogP contribution in [-0.4, -0.2) is 53.9 Å². The molecular weight excluding hydrogens is 434 g/mol. The van der Waals surface area contributed by atoms with E-state index in [9.17, 15) is 24.0 Å². The van der Waals surface area contributed by atoms with Gasteiger partial charge < -0.3 is 24.8 Å². The second-order valence-electron chi connectivity index (χ2n) is 6.77. The Hall–Kier alpha value is -4.61. The number of aromatic amines is 2. The molecule has 0 saturated carbocycles. The normalized spacial score (nSPS) is 11.8. The molecule has 1 aromatic heterocycles. The van der Waals surface area contributed by atoms with Crippen LogP contribution in [0.15, 0.2) is 51.4 Å². The van der Waals surface area contributed by atoms with Crippen LogP contribution in [-0.2, 0) is 19.1 Å². The molecule has 0 saturated heterocycles. The average molecular weight is 453 g/mol. The van der Waals surface area contributed by atoms with Gasteiger partial charge in [-0.15, -0.1) is 0 Å². The van der Waals surface area contributed by atoms with Gasteiger partial charge in [-0.2, -0.15) is 10.2 Å². The van der Waals surface area contributed by atoms with Crippen molar-refractivity contribution in [2.24, 2.45) is 10.2 Å². The lowest BCUT2D eigenvalue weighted by Gasteiger charge is -2.10. The molecule has 1 heterocycles. The molecule has 0 radical (unpaired) electrons. The number of rotatable bonds is 7. The molecule has 12 heteroatoms. The molecule has 0 spiro atoms. The fraction of sp³-hybridized carbons (Fsp3) is 0.190. The molecule has 0 aliphatic rings. The lowest BCUT2D eigenvalue weighted by Crippen LogP contribution is -2.31. The fourth-order valence-corrected chi connectivity index (χ4v) is 2.90. The monoisotopic (exact) mass is 453 g/mol. The van der Waals surface area contributed by atoms with Gasteiger partial charge in [-0.05, 0) is 43.3 Å². The number of hydrogen-bond acceptors (Lipinski definition) is 9. The van der Waals surface area contributed by atoms with Crippen molar-refractivity contribution in [3.63, 3.8) is 0 Å². The van der Waals surface area contributed by atoms with Crippen molar-refractivity contribution in [3.05, 3.63) is 58.0 Å². The number of fused-ring (bicyclic) bond motifs is 1. The number of esters is 2. The Morgan fingerprint density at radius 3 is 2.30 bits per heavy atom. The smallest absolute Gasteiger partial charge is 0.340 e. The molecule has 0 aliphatic heterocycles.